The first-order valence-electron chi connectivity index (χ1n) is 8.86. The Labute approximate surface area is 141 Å². The van der Waals surface area contributed by atoms with E-state index in [2.05, 4.69) is 15.2 Å². The summed E-state index contributed by atoms with van der Waals surface area (Å²) in [6, 6.07) is 0.169. The Bertz CT molecular complexity index is 632. The molecule has 3 fully saturated rings. The average molecular weight is 332 g/mol. The zero-order valence-electron chi connectivity index (χ0n) is 14.0. The van der Waals surface area contributed by atoms with Crippen LogP contribution >= 0.6 is 0 Å². The van der Waals surface area contributed by atoms with E-state index in [1.165, 1.54) is 6.39 Å². The van der Waals surface area contributed by atoms with Crippen LogP contribution in [0, 0.1) is 0 Å². The molecule has 130 valence electrons. The Morgan fingerprint density at radius 3 is 2.58 bits per heavy atom. The van der Waals surface area contributed by atoms with Crippen molar-refractivity contribution in [2.45, 2.75) is 50.1 Å². The predicted octanol–water partition coefficient (Wildman–Crippen LogP) is 0.977. The second-order valence-corrected chi connectivity index (χ2v) is 7.19. The molecule has 4 rings (SSSR count). The third kappa shape index (κ3) is 2.92. The van der Waals surface area contributed by atoms with Crippen LogP contribution in [-0.2, 0) is 4.79 Å². The normalized spacial score (nSPS) is 26.1. The molecule has 1 aromatic heterocycles. The number of amides is 2. The Hall–Kier alpha value is -1.89. The van der Waals surface area contributed by atoms with Gasteiger partial charge in [-0.2, -0.15) is 0 Å². The molecule has 7 heteroatoms. The molecule has 0 bridgehead atoms. The molecule has 3 aliphatic rings. The quantitative estimate of drug-likeness (QED) is 0.889. The molecule has 0 aromatic carbocycles. The van der Waals surface area contributed by atoms with Gasteiger partial charge in [-0.3, -0.25) is 14.5 Å². The molecule has 2 amide bonds. The van der Waals surface area contributed by atoms with E-state index in [-0.39, 0.29) is 23.9 Å². The topological polar surface area (TPSA) is 78.7 Å². The van der Waals surface area contributed by atoms with Crippen molar-refractivity contribution in [3.8, 4) is 0 Å². The van der Waals surface area contributed by atoms with Gasteiger partial charge in [-0.25, -0.2) is 4.98 Å². The maximum atomic E-state index is 12.4. The van der Waals surface area contributed by atoms with E-state index in [9.17, 15) is 9.59 Å². The monoisotopic (exact) mass is 332 g/mol. The number of likely N-dealkylation sites (N-methyl/N-ethyl adjacent to an activating group) is 1. The van der Waals surface area contributed by atoms with Crippen molar-refractivity contribution in [3.05, 3.63) is 17.8 Å². The van der Waals surface area contributed by atoms with Gasteiger partial charge in [0.15, 0.2) is 6.39 Å². The van der Waals surface area contributed by atoms with Crippen LogP contribution in [0.1, 0.15) is 54.3 Å². The molecule has 3 heterocycles. The number of hydrogen-bond donors (Lipinski definition) is 1. The fraction of sp³-hybridized carbons (Fsp3) is 0.706. The fourth-order valence-electron chi connectivity index (χ4n) is 3.82. The molecule has 0 spiro atoms. The maximum Gasteiger partial charge on any atom is 0.289 e. The van der Waals surface area contributed by atoms with E-state index in [1.54, 1.807) is 0 Å². The number of rotatable bonds is 4. The summed E-state index contributed by atoms with van der Waals surface area (Å²) in [5.41, 5.74) is 0.810. The molecule has 24 heavy (non-hydrogen) atoms. The standard InChI is InChI=1S/C17H24N4O3/c1-20-7-6-13(17(20)23)21-8-4-12(5-9-21)19-16(22)15-14(11-2-3-11)18-10-24-15/h10-13H,2-9H2,1H3,(H,19,22)/t13-/m0/s1. The lowest BCUT2D eigenvalue weighted by Gasteiger charge is -2.35. The molecule has 2 aliphatic heterocycles. The van der Waals surface area contributed by atoms with Crippen molar-refractivity contribution in [1.29, 1.82) is 0 Å². The van der Waals surface area contributed by atoms with Gasteiger partial charge in [-0.15, -0.1) is 0 Å². The number of nitrogens with zero attached hydrogens (tertiary/aromatic N) is 3. The number of likely N-dealkylation sites (tertiary alicyclic amines) is 2. The highest BCUT2D eigenvalue weighted by Crippen LogP contribution is 2.40. The van der Waals surface area contributed by atoms with Gasteiger partial charge in [0, 0.05) is 38.6 Å². The molecule has 0 radical (unpaired) electrons. The summed E-state index contributed by atoms with van der Waals surface area (Å²) < 4.78 is 5.31. The third-order valence-electron chi connectivity index (χ3n) is 5.47. The van der Waals surface area contributed by atoms with Gasteiger partial charge in [0.2, 0.25) is 11.7 Å². The summed E-state index contributed by atoms with van der Waals surface area (Å²) in [7, 11) is 1.87. The maximum absolute atomic E-state index is 12.4. The first kappa shape index (κ1) is 15.6. The van der Waals surface area contributed by atoms with E-state index >= 15 is 0 Å². The highest BCUT2D eigenvalue weighted by atomic mass is 16.3. The fourth-order valence-corrected chi connectivity index (χ4v) is 3.82. The summed E-state index contributed by atoms with van der Waals surface area (Å²) in [5, 5.41) is 3.08. The van der Waals surface area contributed by atoms with Gasteiger partial charge in [0.1, 0.15) is 0 Å². The van der Waals surface area contributed by atoms with Gasteiger partial charge < -0.3 is 14.6 Å². The molecular formula is C17H24N4O3. The third-order valence-corrected chi connectivity index (χ3v) is 5.47. The van der Waals surface area contributed by atoms with Crippen molar-refractivity contribution in [3.63, 3.8) is 0 Å². The van der Waals surface area contributed by atoms with Crippen LogP contribution in [0.4, 0.5) is 0 Å². The second-order valence-electron chi connectivity index (χ2n) is 7.19. The summed E-state index contributed by atoms with van der Waals surface area (Å²) in [6.07, 6.45) is 6.20. The molecular weight excluding hydrogens is 308 g/mol. The van der Waals surface area contributed by atoms with E-state index in [4.69, 9.17) is 4.42 Å². The number of hydrogen-bond acceptors (Lipinski definition) is 5. The van der Waals surface area contributed by atoms with Crippen LogP contribution in [0.5, 0.6) is 0 Å². The Balaban J connectivity index is 1.31. The van der Waals surface area contributed by atoms with Crippen LogP contribution in [0.3, 0.4) is 0 Å². The van der Waals surface area contributed by atoms with Crippen LogP contribution in [0.2, 0.25) is 0 Å². The molecule has 0 unspecified atom stereocenters. The number of carbonyl (C=O) groups excluding carboxylic acids is 2. The Morgan fingerprint density at radius 1 is 1.21 bits per heavy atom. The van der Waals surface area contributed by atoms with Crippen molar-refractivity contribution in [1.82, 2.24) is 20.1 Å². The largest absolute Gasteiger partial charge is 0.438 e. The van der Waals surface area contributed by atoms with Gasteiger partial charge in [0.25, 0.3) is 5.91 Å². The number of carbonyl (C=O) groups is 2. The van der Waals surface area contributed by atoms with E-state index in [0.29, 0.717) is 11.7 Å². The number of piperidine rings is 1. The minimum atomic E-state index is -0.149. The molecule has 2 saturated heterocycles. The first-order valence-corrected chi connectivity index (χ1v) is 8.86. The lowest BCUT2D eigenvalue weighted by atomic mass is 10.0. The van der Waals surface area contributed by atoms with E-state index < -0.39 is 0 Å². The zero-order chi connectivity index (χ0) is 16.7. The molecule has 1 aliphatic carbocycles. The Kier molecular flexibility index (Phi) is 4.04. The van der Waals surface area contributed by atoms with Crippen LogP contribution < -0.4 is 5.32 Å². The molecule has 1 atom stereocenters. The number of oxazole rings is 1. The van der Waals surface area contributed by atoms with Crippen LogP contribution in [0.25, 0.3) is 0 Å². The predicted molar refractivity (Wildman–Crippen MR) is 86.6 cm³/mol. The molecule has 1 saturated carbocycles. The summed E-state index contributed by atoms with van der Waals surface area (Å²) >= 11 is 0. The van der Waals surface area contributed by atoms with Crippen molar-refractivity contribution >= 4 is 11.8 Å². The van der Waals surface area contributed by atoms with Crippen LogP contribution in [0.15, 0.2) is 10.8 Å². The molecule has 1 N–H and O–H groups in total. The minimum absolute atomic E-state index is 0.0300. The van der Waals surface area contributed by atoms with Gasteiger partial charge in [0.05, 0.1) is 11.7 Å². The highest BCUT2D eigenvalue weighted by molar-refractivity contribution is 5.93. The SMILES string of the molecule is CN1CC[C@H](N2CCC(NC(=O)c3ocnc3C3CC3)CC2)C1=O. The lowest BCUT2D eigenvalue weighted by Crippen LogP contribution is -2.50. The minimum Gasteiger partial charge on any atom is -0.438 e. The Morgan fingerprint density at radius 2 is 1.96 bits per heavy atom. The first-order chi connectivity index (χ1) is 11.6. The van der Waals surface area contributed by atoms with E-state index in [0.717, 1.165) is 57.4 Å². The molecule has 1 aromatic rings. The van der Waals surface area contributed by atoms with Crippen LogP contribution in [-0.4, -0.2) is 65.4 Å². The summed E-state index contributed by atoms with van der Waals surface area (Å²) in [4.78, 5) is 32.8. The van der Waals surface area contributed by atoms with Gasteiger partial charge in [-0.05, 0) is 32.1 Å². The average Bonchev–Trinajstić information content (AvgIpc) is 3.22. The lowest BCUT2D eigenvalue weighted by molar-refractivity contribution is -0.131. The van der Waals surface area contributed by atoms with Gasteiger partial charge in [-0.1, -0.05) is 0 Å². The molecule has 7 nitrogen and oxygen atoms in total. The van der Waals surface area contributed by atoms with Crippen molar-refractivity contribution in [2.75, 3.05) is 26.7 Å². The summed E-state index contributed by atoms with van der Waals surface area (Å²) in [6.45, 7) is 2.54. The second kappa shape index (κ2) is 6.20. The smallest absolute Gasteiger partial charge is 0.289 e. The zero-order valence-corrected chi connectivity index (χ0v) is 14.0. The number of nitrogens with one attached hydrogen (secondary N) is 1. The van der Waals surface area contributed by atoms with Gasteiger partial charge >= 0.3 is 0 Å². The highest BCUT2D eigenvalue weighted by Gasteiger charge is 2.37. The number of aromatic nitrogens is 1. The van der Waals surface area contributed by atoms with Crippen molar-refractivity contribution in [2.24, 2.45) is 0 Å². The van der Waals surface area contributed by atoms with Crippen molar-refractivity contribution < 1.29 is 14.0 Å². The summed E-state index contributed by atoms with van der Waals surface area (Å²) in [5.74, 6) is 0.863. The van der Waals surface area contributed by atoms with E-state index in [1.807, 2.05) is 11.9 Å².